The zero-order valence-electron chi connectivity index (χ0n) is 28.0. The molecule has 0 saturated heterocycles. The van der Waals surface area contributed by atoms with Crippen LogP contribution in [0.15, 0.2) is 97.4 Å². The van der Waals surface area contributed by atoms with E-state index >= 15 is 0 Å². The molecule has 2 unspecified atom stereocenters. The van der Waals surface area contributed by atoms with Crippen LogP contribution in [0.3, 0.4) is 0 Å². The Hall–Kier alpha value is -4.08. The number of hydrogen-bond acceptors (Lipinski definition) is 8. The van der Waals surface area contributed by atoms with Gasteiger partial charge < -0.3 is 29.2 Å². The van der Waals surface area contributed by atoms with Crippen LogP contribution in [0.25, 0.3) is 0 Å². The largest absolute Gasteiger partial charge is 0.496 e. The normalized spacial score (nSPS) is 42.2. The summed E-state index contributed by atoms with van der Waals surface area (Å²) in [6.07, 6.45) is 21.7. The van der Waals surface area contributed by atoms with Crippen LogP contribution < -0.4 is 9.47 Å². The summed E-state index contributed by atoms with van der Waals surface area (Å²) in [5, 5.41) is 24.7. The Morgan fingerprint density at radius 1 is 0.520 bits per heavy atom. The highest BCUT2D eigenvalue weighted by atomic mass is 16.6. The first kappa shape index (κ1) is 29.6. The molecule has 1 aromatic carbocycles. The molecule has 14 atom stereocenters. The molecular weight excluding hydrogens is 628 g/mol. The molecule has 2 saturated carbocycles. The third-order valence-electron chi connectivity index (χ3n) is 13.9. The fourth-order valence-electron chi connectivity index (χ4n) is 12.3. The standard InChI is InChI=1S/C42H40N2O6/c1-47-39-35-23-9-11-25(33-29-15-13-27(31(23)33)41(29,45)49-19-21-7-3-5-17-43-21)37(35)40(48-2)38-26-12-10-24(36(38)39)32-28-14-16-30(34(26)32)42(28,46)50-20-22-8-4-6-18-44-22/h3-18,23-34,45-46H,19-20H2,1-2H3/t23-,24+,25+,26-,27+,28-,29-,30+,31-,32+,33+,34-,41?,42?. The molecule has 10 aliphatic rings. The maximum Gasteiger partial charge on any atom is 0.179 e. The van der Waals surface area contributed by atoms with Gasteiger partial charge in [-0.2, -0.15) is 0 Å². The maximum atomic E-state index is 12.4. The highest BCUT2D eigenvalue weighted by Crippen LogP contribution is 2.75. The van der Waals surface area contributed by atoms with E-state index in [1.54, 1.807) is 26.6 Å². The zero-order valence-corrected chi connectivity index (χ0v) is 28.0. The van der Waals surface area contributed by atoms with Crippen LogP contribution in [0.4, 0.5) is 0 Å². The van der Waals surface area contributed by atoms with Crippen LogP contribution in [-0.2, 0) is 22.7 Å². The molecule has 13 rings (SSSR count). The van der Waals surface area contributed by atoms with Crippen LogP contribution in [0.5, 0.6) is 11.5 Å². The smallest absolute Gasteiger partial charge is 0.179 e. The number of aromatic nitrogens is 2. The first-order valence-electron chi connectivity index (χ1n) is 18.0. The Morgan fingerprint density at radius 3 is 1.14 bits per heavy atom. The summed E-state index contributed by atoms with van der Waals surface area (Å²) in [6, 6.07) is 11.6. The number of benzene rings is 1. The van der Waals surface area contributed by atoms with Gasteiger partial charge in [0, 0.05) is 82.0 Å². The number of allylic oxidation sites excluding steroid dienone is 4. The van der Waals surface area contributed by atoms with E-state index in [9.17, 15) is 10.2 Å². The zero-order chi connectivity index (χ0) is 33.5. The molecule has 0 spiro atoms. The Bertz CT molecular complexity index is 1790. The number of nitrogens with zero attached hydrogens (tertiary/aromatic N) is 2. The summed E-state index contributed by atoms with van der Waals surface area (Å²) in [5.41, 5.74) is 6.40. The van der Waals surface area contributed by atoms with Gasteiger partial charge in [-0.25, -0.2) is 0 Å². The third-order valence-corrected chi connectivity index (χ3v) is 13.9. The minimum absolute atomic E-state index is 0.0397. The number of ether oxygens (including phenoxy) is 4. The second kappa shape index (κ2) is 10.3. The molecule has 50 heavy (non-hydrogen) atoms. The quantitative estimate of drug-likeness (QED) is 0.226. The SMILES string of the molecule is COc1c2c(c(OC)c3c1[C@@H]1C=C[C@H]3[C@@H]3[C@H]1[C@@H]1C=C[C@H]3C1(O)OCc1ccccn1)[C@@H]1C=C[C@H]2[C@@H]2[C@H]1[C@@H]1C=C[C@H]2C1(O)OCc1ccccn1. The Kier molecular flexibility index (Phi) is 6.08. The number of methoxy groups -OCH3 is 2. The lowest BCUT2D eigenvalue weighted by Crippen LogP contribution is -2.41. The van der Waals surface area contributed by atoms with E-state index in [1.165, 1.54) is 22.3 Å². The van der Waals surface area contributed by atoms with Gasteiger partial charge in [0.05, 0.1) is 38.8 Å². The van der Waals surface area contributed by atoms with E-state index in [-0.39, 0.29) is 84.2 Å². The number of fused-ring (bicyclic) bond motifs is 4. The molecule has 8 bridgehead atoms. The lowest BCUT2D eigenvalue weighted by Gasteiger charge is -2.52. The number of hydrogen-bond donors (Lipinski definition) is 2. The first-order valence-corrected chi connectivity index (χ1v) is 18.0. The fourth-order valence-corrected chi connectivity index (χ4v) is 12.3. The van der Waals surface area contributed by atoms with Crippen molar-refractivity contribution in [2.24, 2.45) is 47.3 Å². The highest BCUT2D eigenvalue weighted by Gasteiger charge is 2.71. The molecule has 8 heteroatoms. The average Bonchev–Trinajstić information content (AvgIpc) is 3.84. The van der Waals surface area contributed by atoms with Crippen molar-refractivity contribution >= 4 is 0 Å². The molecule has 0 aliphatic heterocycles. The van der Waals surface area contributed by atoms with Crippen LogP contribution in [0.2, 0.25) is 0 Å². The first-order chi connectivity index (χ1) is 24.5. The number of aliphatic hydroxyl groups is 2. The summed E-state index contributed by atoms with van der Waals surface area (Å²) < 4.78 is 26.0. The summed E-state index contributed by atoms with van der Waals surface area (Å²) >= 11 is 0. The molecule has 2 fully saturated rings. The molecule has 8 nitrogen and oxygen atoms in total. The van der Waals surface area contributed by atoms with E-state index in [0.717, 1.165) is 22.9 Å². The molecule has 2 aromatic heterocycles. The van der Waals surface area contributed by atoms with Gasteiger partial charge in [0.15, 0.2) is 11.6 Å². The topological polar surface area (TPSA) is 103 Å². The lowest BCUT2D eigenvalue weighted by atomic mass is 9.52. The van der Waals surface area contributed by atoms with Crippen molar-refractivity contribution in [2.45, 2.75) is 48.5 Å². The summed E-state index contributed by atoms with van der Waals surface area (Å²) in [6.45, 7) is 0.516. The molecule has 254 valence electrons. The van der Waals surface area contributed by atoms with Gasteiger partial charge in [-0.05, 0) is 47.9 Å². The van der Waals surface area contributed by atoms with E-state index in [0.29, 0.717) is 0 Å². The predicted molar refractivity (Wildman–Crippen MR) is 183 cm³/mol. The van der Waals surface area contributed by atoms with Gasteiger partial charge in [-0.1, -0.05) is 60.7 Å². The van der Waals surface area contributed by atoms with E-state index in [2.05, 4.69) is 58.6 Å². The van der Waals surface area contributed by atoms with Crippen LogP contribution >= 0.6 is 0 Å². The maximum absolute atomic E-state index is 12.4. The molecule has 2 heterocycles. The summed E-state index contributed by atoms with van der Waals surface area (Å²) in [5.74, 6) is -0.512. The minimum atomic E-state index is -1.31. The van der Waals surface area contributed by atoms with Crippen LogP contribution in [0, 0.1) is 47.3 Å². The third kappa shape index (κ3) is 3.51. The second-order valence-electron chi connectivity index (χ2n) is 15.5. The van der Waals surface area contributed by atoms with Gasteiger partial charge in [-0.15, -0.1) is 0 Å². The van der Waals surface area contributed by atoms with Crippen molar-refractivity contribution in [3.8, 4) is 11.5 Å². The van der Waals surface area contributed by atoms with Crippen molar-refractivity contribution in [3.05, 3.63) is 131 Å². The molecule has 2 N–H and O–H groups in total. The monoisotopic (exact) mass is 668 g/mol. The molecule has 3 aromatic rings. The molecule has 0 radical (unpaired) electrons. The second-order valence-corrected chi connectivity index (χ2v) is 15.5. The average molecular weight is 669 g/mol. The number of rotatable bonds is 8. The van der Waals surface area contributed by atoms with E-state index in [1.807, 2.05) is 36.4 Å². The van der Waals surface area contributed by atoms with Crippen LogP contribution in [-0.4, -0.2) is 46.0 Å². The Balaban J connectivity index is 0.998. The van der Waals surface area contributed by atoms with Gasteiger partial charge in [0.25, 0.3) is 0 Å². The molecule has 10 aliphatic carbocycles. The van der Waals surface area contributed by atoms with Crippen molar-refractivity contribution in [3.63, 3.8) is 0 Å². The fraction of sp³-hybridized carbons (Fsp3) is 0.429. The Labute approximate surface area is 291 Å². The van der Waals surface area contributed by atoms with Crippen molar-refractivity contribution in [1.82, 2.24) is 9.97 Å². The molecular formula is C42H40N2O6. The van der Waals surface area contributed by atoms with Gasteiger partial charge in [-0.3, -0.25) is 9.97 Å². The van der Waals surface area contributed by atoms with Crippen LogP contribution in [0.1, 0.15) is 57.3 Å². The van der Waals surface area contributed by atoms with Crippen molar-refractivity contribution < 1.29 is 29.2 Å². The van der Waals surface area contributed by atoms with Gasteiger partial charge in [0.1, 0.15) is 11.5 Å². The summed E-state index contributed by atoms with van der Waals surface area (Å²) in [4.78, 5) is 8.90. The van der Waals surface area contributed by atoms with E-state index < -0.39 is 11.6 Å². The molecule has 0 amide bonds. The van der Waals surface area contributed by atoms with Crippen molar-refractivity contribution in [1.29, 1.82) is 0 Å². The van der Waals surface area contributed by atoms with E-state index in [4.69, 9.17) is 18.9 Å². The van der Waals surface area contributed by atoms with Gasteiger partial charge in [0.2, 0.25) is 0 Å². The summed E-state index contributed by atoms with van der Waals surface area (Å²) in [7, 11) is 3.60. The van der Waals surface area contributed by atoms with Crippen molar-refractivity contribution in [2.75, 3.05) is 14.2 Å². The lowest BCUT2D eigenvalue weighted by molar-refractivity contribution is -0.239. The minimum Gasteiger partial charge on any atom is -0.496 e. The predicted octanol–water partition coefficient (Wildman–Crippen LogP) is 5.90. The Morgan fingerprint density at radius 2 is 0.860 bits per heavy atom. The number of pyridine rings is 2. The van der Waals surface area contributed by atoms with Gasteiger partial charge >= 0.3 is 0 Å². The highest BCUT2D eigenvalue weighted by molar-refractivity contribution is 5.71.